The highest BCUT2D eigenvalue weighted by molar-refractivity contribution is 6.07. The summed E-state index contributed by atoms with van der Waals surface area (Å²) >= 11 is 0. The largest absolute Gasteiger partial charge is 0.496 e. The van der Waals surface area contributed by atoms with Gasteiger partial charge >= 0.3 is 0 Å². The first-order valence-corrected chi connectivity index (χ1v) is 17.1. The van der Waals surface area contributed by atoms with E-state index in [4.69, 9.17) is 38.3 Å². The number of unbranched alkanes of at least 4 members (excludes halogenated alkanes) is 1. The molecule has 11 heteroatoms. The summed E-state index contributed by atoms with van der Waals surface area (Å²) in [4.78, 5) is 26.5. The van der Waals surface area contributed by atoms with Gasteiger partial charge in [0.25, 0.3) is 0 Å². The van der Waals surface area contributed by atoms with Crippen molar-refractivity contribution in [3.63, 3.8) is 0 Å². The molecule has 0 amide bonds. The van der Waals surface area contributed by atoms with Crippen molar-refractivity contribution in [1.29, 1.82) is 0 Å². The molecule has 0 radical (unpaired) electrons. The molecule has 6 rings (SSSR count). The summed E-state index contributed by atoms with van der Waals surface area (Å²) in [6.07, 6.45) is 4.86. The van der Waals surface area contributed by atoms with Crippen LogP contribution in [0.5, 0.6) is 11.5 Å². The van der Waals surface area contributed by atoms with Crippen LogP contribution in [0.25, 0.3) is 43.9 Å². The molecule has 0 atom stereocenters. The van der Waals surface area contributed by atoms with Gasteiger partial charge < -0.3 is 38.3 Å². The Morgan fingerprint density at radius 2 is 1.21 bits per heavy atom. The van der Waals surface area contributed by atoms with E-state index in [9.17, 15) is 9.59 Å². The molecule has 2 aromatic heterocycles. The number of benzene rings is 4. The zero-order chi connectivity index (χ0) is 35.8. The van der Waals surface area contributed by atoms with Crippen LogP contribution in [0.4, 0.5) is 5.69 Å². The number of ether oxygens (including phenoxy) is 5. The van der Waals surface area contributed by atoms with Gasteiger partial charge in [-0.2, -0.15) is 4.99 Å². The van der Waals surface area contributed by atoms with E-state index in [2.05, 4.69) is 4.99 Å². The van der Waals surface area contributed by atoms with Crippen molar-refractivity contribution >= 4 is 61.4 Å². The number of para-hydroxylation sites is 2. The van der Waals surface area contributed by atoms with Gasteiger partial charge in [-0.25, -0.2) is 4.79 Å². The number of Topliss-reactive ketones (excluding diaryl/α,β-unsaturated/α-hetero) is 1. The highest BCUT2D eigenvalue weighted by atomic mass is 16.5. The number of ketones is 1. The van der Waals surface area contributed by atoms with E-state index in [1.807, 2.05) is 66.7 Å². The first kappa shape index (κ1) is 39.8. The zero-order valence-electron chi connectivity index (χ0n) is 29.1. The number of hydrogen-bond acceptors (Lipinski definition) is 11. The number of aliphatic imine (C=N–C) groups is 1. The van der Waals surface area contributed by atoms with E-state index in [1.54, 1.807) is 13.2 Å². The van der Waals surface area contributed by atoms with Gasteiger partial charge in [0.05, 0.1) is 40.6 Å². The molecule has 0 aliphatic heterocycles. The van der Waals surface area contributed by atoms with Gasteiger partial charge in [0.1, 0.15) is 45.3 Å². The van der Waals surface area contributed by atoms with Gasteiger partial charge in [-0.3, -0.25) is 4.79 Å². The first-order valence-electron chi connectivity index (χ1n) is 17.1. The van der Waals surface area contributed by atoms with Gasteiger partial charge in [0, 0.05) is 59.2 Å². The lowest BCUT2D eigenvalue weighted by Gasteiger charge is -2.09. The summed E-state index contributed by atoms with van der Waals surface area (Å²) in [6.45, 7) is 4.18. The predicted molar refractivity (Wildman–Crippen MR) is 204 cm³/mol. The van der Waals surface area contributed by atoms with E-state index in [-0.39, 0.29) is 13.2 Å². The number of carbonyl (C=O) groups excluding carboxylic acids is 2. The highest BCUT2D eigenvalue weighted by Crippen LogP contribution is 2.37. The molecule has 276 valence electrons. The van der Waals surface area contributed by atoms with E-state index < -0.39 is 0 Å². The van der Waals surface area contributed by atoms with Crippen LogP contribution in [-0.2, 0) is 30.2 Å². The quantitative estimate of drug-likeness (QED) is 0.0493. The number of isocyanates is 1. The average Bonchev–Trinajstić information content (AvgIpc) is 3.70. The predicted octanol–water partition coefficient (Wildman–Crippen LogP) is 8.47. The number of fused-ring (bicyclic) bond motifs is 6. The van der Waals surface area contributed by atoms with Crippen molar-refractivity contribution in [2.75, 3.05) is 60.4 Å². The van der Waals surface area contributed by atoms with Crippen molar-refractivity contribution < 1.29 is 42.1 Å². The van der Waals surface area contributed by atoms with Gasteiger partial charge in [-0.1, -0.05) is 43.8 Å². The monoisotopic (exact) mass is 712 g/mol. The minimum absolute atomic E-state index is 0. The molecule has 0 saturated heterocycles. The number of rotatable bonds is 19. The third kappa shape index (κ3) is 10.5. The van der Waals surface area contributed by atoms with Crippen LogP contribution in [0.1, 0.15) is 38.7 Å². The molecule has 6 aromatic rings. The Bertz CT molecular complexity index is 2080. The van der Waals surface area contributed by atoms with Crippen LogP contribution in [0.2, 0.25) is 0 Å². The number of furan rings is 2. The van der Waals surface area contributed by atoms with Gasteiger partial charge in [-0.05, 0) is 56.1 Å². The Kier molecular flexibility index (Phi) is 15.8. The molecule has 0 saturated carbocycles. The standard InChI is InChI=1S/C26H35NO6.C14H9NO3.CH4/c1-29-25-19-23-22-8-2-3-9-24(22)33-26(23)18-20(25)17-21(28)7-4-5-11-30-13-15-32-16-14-31-12-6-10-27;1-17-14-6-10-9-4-2-3-5-12(9)18-13(10)7-11(14)15-8-16;/h2-3,8-9,18-19H,4-7,10-17,27H2,1H3;2-7H,1H3;1H4. The Labute approximate surface area is 303 Å². The van der Waals surface area contributed by atoms with Crippen molar-refractivity contribution in [2.45, 2.75) is 39.5 Å². The smallest absolute Gasteiger partial charge is 0.240 e. The molecule has 0 aliphatic rings. The SMILES string of the molecule is C.COc1cc2c(cc1CC(=O)CCCCOCCOCCOCCCN)oc1ccccc12.COc1cc2c(cc1N=C=O)oc1ccccc12. The summed E-state index contributed by atoms with van der Waals surface area (Å²) in [5.41, 5.74) is 9.74. The van der Waals surface area contributed by atoms with Gasteiger partial charge in [-0.15, -0.1) is 0 Å². The van der Waals surface area contributed by atoms with Crippen molar-refractivity contribution in [2.24, 2.45) is 10.7 Å². The van der Waals surface area contributed by atoms with Crippen LogP contribution in [0, 0.1) is 0 Å². The third-order valence-corrected chi connectivity index (χ3v) is 8.24. The Balaban J connectivity index is 0.000000267. The lowest BCUT2D eigenvalue weighted by Crippen LogP contribution is -2.11. The number of nitrogens with zero attached hydrogens (tertiary/aromatic N) is 1. The molecule has 0 unspecified atom stereocenters. The minimum Gasteiger partial charge on any atom is -0.496 e. The zero-order valence-corrected chi connectivity index (χ0v) is 29.1. The second-order valence-corrected chi connectivity index (χ2v) is 11.7. The molecule has 0 bridgehead atoms. The van der Waals surface area contributed by atoms with Crippen LogP contribution < -0.4 is 15.2 Å². The Morgan fingerprint density at radius 3 is 1.79 bits per heavy atom. The topological polar surface area (TPSA) is 145 Å². The van der Waals surface area contributed by atoms with Crippen molar-refractivity contribution in [3.8, 4) is 11.5 Å². The summed E-state index contributed by atoms with van der Waals surface area (Å²) in [5.74, 6) is 1.43. The fraction of sp³-hybridized carbons (Fsp3) is 0.366. The number of nitrogens with two attached hydrogens (primary N) is 1. The Morgan fingerprint density at radius 1 is 0.673 bits per heavy atom. The third-order valence-electron chi connectivity index (χ3n) is 8.24. The molecule has 11 nitrogen and oxygen atoms in total. The molecule has 0 aliphatic carbocycles. The summed E-state index contributed by atoms with van der Waals surface area (Å²) < 4.78 is 38.8. The lowest BCUT2D eigenvalue weighted by molar-refractivity contribution is -0.118. The van der Waals surface area contributed by atoms with Crippen molar-refractivity contribution in [3.05, 3.63) is 78.4 Å². The van der Waals surface area contributed by atoms with E-state index >= 15 is 0 Å². The minimum atomic E-state index is 0. The van der Waals surface area contributed by atoms with Crippen LogP contribution in [0.15, 0.2) is 86.6 Å². The van der Waals surface area contributed by atoms with Crippen LogP contribution >= 0.6 is 0 Å². The second kappa shape index (κ2) is 20.7. The maximum absolute atomic E-state index is 12.5. The highest BCUT2D eigenvalue weighted by Gasteiger charge is 2.15. The van der Waals surface area contributed by atoms with Crippen LogP contribution in [0.3, 0.4) is 0 Å². The van der Waals surface area contributed by atoms with E-state index in [0.29, 0.717) is 76.0 Å². The maximum atomic E-state index is 12.5. The summed E-state index contributed by atoms with van der Waals surface area (Å²) in [5, 5.41) is 3.99. The van der Waals surface area contributed by atoms with Gasteiger partial charge in [0.2, 0.25) is 6.08 Å². The number of methoxy groups -OCH3 is 2. The molecular formula is C41H48N2O9. The fourth-order valence-electron chi connectivity index (χ4n) is 5.72. The van der Waals surface area contributed by atoms with Crippen molar-refractivity contribution in [1.82, 2.24) is 0 Å². The second-order valence-electron chi connectivity index (χ2n) is 11.7. The summed E-state index contributed by atoms with van der Waals surface area (Å²) in [6, 6.07) is 23.0. The van der Waals surface area contributed by atoms with Crippen LogP contribution in [-0.4, -0.2) is 72.3 Å². The molecule has 2 N–H and O–H groups in total. The molecule has 0 spiro atoms. The number of hydrogen-bond donors (Lipinski definition) is 1. The molecule has 4 aromatic carbocycles. The Hall–Kier alpha value is -5.03. The maximum Gasteiger partial charge on any atom is 0.240 e. The van der Waals surface area contributed by atoms with Gasteiger partial charge in [0.15, 0.2) is 0 Å². The normalized spacial score (nSPS) is 10.9. The fourth-order valence-corrected chi connectivity index (χ4v) is 5.72. The molecule has 2 heterocycles. The first-order chi connectivity index (χ1) is 25.1. The average molecular weight is 713 g/mol. The molecular weight excluding hydrogens is 664 g/mol. The lowest BCUT2D eigenvalue weighted by atomic mass is 10.0. The van der Waals surface area contributed by atoms with E-state index in [1.165, 1.54) is 13.2 Å². The summed E-state index contributed by atoms with van der Waals surface area (Å²) in [7, 11) is 3.17. The molecule has 52 heavy (non-hydrogen) atoms. The molecule has 0 fully saturated rings. The number of carbonyl (C=O) groups is 1. The van der Waals surface area contributed by atoms with E-state index in [0.717, 1.165) is 68.9 Å².